The van der Waals surface area contributed by atoms with Crippen LogP contribution < -0.4 is 10.2 Å². The van der Waals surface area contributed by atoms with Gasteiger partial charge in [-0.25, -0.2) is 0 Å². The molecule has 0 heterocycles. The van der Waals surface area contributed by atoms with Gasteiger partial charge in [0.1, 0.15) is 0 Å². The summed E-state index contributed by atoms with van der Waals surface area (Å²) in [5.41, 5.74) is 5.93. The number of fused-ring (bicyclic) bond motifs is 1. The van der Waals surface area contributed by atoms with Crippen molar-refractivity contribution in [3.8, 4) is 0 Å². The van der Waals surface area contributed by atoms with Crippen LogP contribution in [0.3, 0.4) is 0 Å². The molecule has 0 aromatic heterocycles. The Morgan fingerprint density at radius 3 is 2.11 bits per heavy atom. The number of anilines is 3. The molecule has 0 saturated carbocycles. The molecular weight excluding hydrogens is 456 g/mol. The van der Waals surface area contributed by atoms with Crippen molar-refractivity contribution in [2.45, 2.75) is 26.2 Å². The number of benzene rings is 4. The Morgan fingerprint density at radius 1 is 0.771 bits per heavy atom. The summed E-state index contributed by atoms with van der Waals surface area (Å²) in [4.78, 5) is 2.30. The van der Waals surface area contributed by atoms with Crippen LogP contribution in [0, 0.1) is 0 Å². The molecule has 4 aromatic carbocycles. The highest BCUT2D eigenvalue weighted by Crippen LogP contribution is 2.30. The average molecular weight is 489 g/mol. The van der Waals surface area contributed by atoms with E-state index in [4.69, 9.17) is 4.55 Å². The maximum atomic E-state index is 10.9. The standard InChI is InChI=1S/C29H32N2O3S/c1-2-31(25-10-4-3-5-11-25)26-17-14-23(15-18-26)22-24-16-19-29(28-13-7-6-12-27(24)28)30-20-8-9-21-35(32,33)34/h3-7,10-19,30H,2,8-9,20-22H2,1H3,(H,32,33,34). The van der Waals surface area contributed by atoms with Gasteiger partial charge >= 0.3 is 0 Å². The van der Waals surface area contributed by atoms with Crippen LogP contribution in [-0.2, 0) is 16.5 Å². The van der Waals surface area contributed by atoms with E-state index in [-0.39, 0.29) is 5.75 Å². The Kier molecular flexibility index (Phi) is 8.06. The smallest absolute Gasteiger partial charge is 0.264 e. The van der Waals surface area contributed by atoms with Crippen molar-refractivity contribution in [2.24, 2.45) is 0 Å². The lowest BCUT2D eigenvalue weighted by molar-refractivity contribution is 0.480. The van der Waals surface area contributed by atoms with Crippen molar-refractivity contribution >= 4 is 38.0 Å². The van der Waals surface area contributed by atoms with Crippen LogP contribution in [0.25, 0.3) is 10.8 Å². The molecule has 0 atom stereocenters. The first-order valence-electron chi connectivity index (χ1n) is 12.1. The quantitative estimate of drug-likeness (QED) is 0.182. The van der Waals surface area contributed by atoms with E-state index in [1.807, 2.05) is 12.1 Å². The molecule has 0 bridgehead atoms. The van der Waals surface area contributed by atoms with Gasteiger partial charge in [0.2, 0.25) is 0 Å². The number of rotatable bonds is 11. The van der Waals surface area contributed by atoms with Crippen molar-refractivity contribution < 1.29 is 13.0 Å². The minimum atomic E-state index is -3.89. The van der Waals surface area contributed by atoms with Crippen LogP contribution in [-0.4, -0.2) is 31.8 Å². The predicted molar refractivity (Wildman–Crippen MR) is 146 cm³/mol. The molecule has 4 rings (SSSR count). The van der Waals surface area contributed by atoms with E-state index in [2.05, 4.69) is 96.0 Å². The summed E-state index contributed by atoms with van der Waals surface area (Å²) in [5, 5.41) is 5.78. The second-order valence-electron chi connectivity index (χ2n) is 8.66. The highest BCUT2D eigenvalue weighted by Gasteiger charge is 2.10. The van der Waals surface area contributed by atoms with Gasteiger partial charge in [-0.3, -0.25) is 4.55 Å². The minimum Gasteiger partial charge on any atom is -0.385 e. The lowest BCUT2D eigenvalue weighted by Gasteiger charge is -2.23. The highest BCUT2D eigenvalue weighted by molar-refractivity contribution is 7.85. The molecule has 182 valence electrons. The Morgan fingerprint density at radius 2 is 1.43 bits per heavy atom. The lowest BCUT2D eigenvalue weighted by atomic mass is 9.97. The van der Waals surface area contributed by atoms with Gasteiger partial charge in [0.15, 0.2) is 0 Å². The van der Waals surface area contributed by atoms with E-state index in [1.54, 1.807) is 0 Å². The monoisotopic (exact) mass is 488 g/mol. The van der Waals surface area contributed by atoms with Crippen molar-refractivity contribution in [3.63, 3.8) is 0 Å². The summed E-state index contributed by atoms with van der Waals surface area (Å²) in [7, 11) is -3.89. The molecule has 0 fully saturated rings. The van der Waals surface area contributed by atoms with Gasteiger partial charge in [-0.15, -0.1) is 0 Å². The maximum absolute atomic E-state index is 10.9. The van der Waals surface area contributed by atoms with Crippen molar-refractivity contribution in [2.75, 3.05) is 29.1 Å². The molecule has 4 aromatic rings. The molecule has 2 N–H and O–H groups in total. The molecule has 0 aliphatic carbocycles. The predicted octanol–water partition coefficient (Wildman–Crippen LogP) is 6.67. The van der Waals surface area contributed by atoms with E-state index in [0.29, 0.717) is 19.4 Å². The van der Waals surface area contributed by atoms with Crippen LogP contribution >= 0.6 is 0 Å². The van der Waals surface area contributed by atoms with Gasteiger partial charge in [0, 0.05) is 35.5 Å². The molecule has 0 aliphatic rings. The van der Waals surface area contributed by atoms with Crippen LogP contribution in [0.1, 0.15) is 30.9 Å². The van der Waals surface area contributed by atoms with Gasteiger partial charge in [-0.1, -0.05) is 60.7 Å². The highest BCUT2D eigenvalue weighted by atomic mass is 32.2. The Labute approximate surface area is 208 Å². The molecule has 0 saturated heterocycles. The first-order chi connectivity index (χ1) is 16.9. The topological polar surface area (TPSA) is 69.6 Å². The zero-order valence-electron chi connectivity index (χ0n) is 20.0. The third kappa shape index (κ3) is 6.62. The fraction of sp³-hybridized carbons (Fsp3) is 0.241. The minimum absolute atomic E-state index is 0.200. The molecular formula is C29H32N2O3S. The molecule has 0 spiro atoms. The summed E-state index contributed by atoms with van der Waals surface area (Å²) in [5.74, 6) is -0.200. The molecule has 35 heavy (non-hydrogen) atoms. The Bertz CT molecular complexity index is 1350. The van der Waals surface area contributed by atoms with Crippen molar-refractivity contribution in [3.05, 3.63) is 102 Å². The molecule has 6 heteroatoms. The van der Waals surface area contributed by atoms with E-state index < -0.39 is 10.1 Å². The normalized spacial score (nSPS) is 11.5. The first-order valence-corrected chi connectivity index (χ1v) is 13.7. The largest absolute Gasteiger partial charge is 0.385 e. The number of hydrogen-bond acceptors (Lipinski definition) is 4. The second kappa shape index (κ2) is 11.4. The van der Waals surface area contributed by atoms with Crippen LogP contribution in [0.2, 0.25) is 0 Å². The summed E-state index contributed by atoms with van der Waals surface area (Å²) in [6, 6.07) is 31.8. The summed E-state index contributed by atoms with van der Waals surface area (Å²) < 4.78 is 30.7. The molecule has 0 amide bonds. The van der Waals surface area contributed by atoms with Gasteiger partial charge in [-0.2, -0.15) is 8.42 Å². The van der Waals surface area contributed by atoms with Gasteiger partial charge in [-0.05, 0) is 73.0 Å². The number of hydrogen-bond donors (Lipinski definition) is 2. The lowest BCUT2D eigenvalue weighted by Crippen LogP contribution is -2.15. The first kappa shape index (κ1) is 24.8. The van der Waals surface area contributed by atoms with E-state index in [1.165, 1.54) is 27.9 Å². The van der Waals surface area contributed by atoms with Crippen molar-refractivity contribution in [1.29, 1.82) is 0 Å². The van der Waals surface area contributed by atoms with Crippen LogP contribution in [0.15, 0.2) is 91.0 Å². The molecule has 0 unspecified atom stereocenters. The SMILES string of the molecule is CCN(c1ccccc1)c1ccc(Cc2ccc(NCCCCS(=O)(=O)O)c3ccccc23)cc1. The number of unbranched alkanes of at least 4 members (excludes halogenated alkanes) is 1. The van der Waals surface area contributed by atoms with Crippen LogP contribution in [0.4, 0.5) is 17.1 Å². The van der Waals surface area contributed by atoms with E-state index >= 15 is 0 Å². The number of nitrogens with one attached hydrogen (secondary N) is 1. The van der Waals surface area contributed by atoms with Gasteiger partial charge < -0.3 is 10.2 Å². The molecule has 5 nitrogen and oxygen atoms in total. The molecule has 0 radical (unpaired) electrons. The van der Waals surface area contributed by atoms with Gasteiger partial charge in [0.05, 0.1) is 5.75 Å². The zero-order valence-corrected chi connectivity index (χ0v) is 20.8. The third-order valence-corrected chi connectivity index (χ3v) is 6.99. The number of nitrogens with zero attached hydrogens (tertiary/aromatic N) is 1. The summed E-state index contributed by atoms with van der Waals surface area (Å²) >= 11 is 0. The van der Waals surface area contributed by atoms with E-state index in [9.17, 15) is 8.42 Å². The Hall–Kier alpha value is -3.35. The average Bonchev–Trinajstić information content (AvgIpc) is 2.86. The number of para-hydroxylation sites is 1. The van der Waals surface area contributed by atoms with Crippen molar-refractivity contribution in [1.82, 2.24) is 0 Å². The molecule has 0 aliphatic heterocycles. The second-order valence-corrected chi connectivity index (χ2v) is 10.2. The zero-order chi connectivity index (χ0) is 24.7. The summed E-state index contributed by atoms with van der Waals surface area (Å²) in [6.07, 6.45) is 1.93. The van der Waals surface area contributed by atoms with Gasteiger partial charge in [0.25, 0.3) is 10.1 Å². The fourth-order valence-electron chi connectivity index (χ4n) is 4.44. The summed E-state index contributed by atoms with van der Waals surface area (Å²) in [6.45, 7) is 3.71. The fourth-order valence-corrected chi connectivity index (χ4v) is 5.01. The van der Waals surface area contributed by atoms with Crippen LogP contribution in [0.5, 0.6) is 0 Å². The van der Waals surface area contributed by atoms with E-state index in [0.717, 1.165) is 24.0 Å². The third-order valence-electron chi connectivity index (χ3n) is 6.19. The Balaban J connectivity index is 1.47. The maximum Gasteiger partial charge on any atom is 0.264 e.